The molecule has 0 saturated carbocycles. The topological polar surface area (TPSA) is 55.4 Å². The van der Waals surface area contributed by atoms with Crippen LogP contribution >= 0.6 is 0 Å². The average Bonchev–Trinajstić information content (AvgIpc) is 2.62. The molecule has 0 bridgehead atoms. The molecule has 0 unspecified atom stereocenters. The smallest absolute Gasteiger partial charge is 0.339 e. The lowest BCUT2D eigenvalue weighted by Crippen LogP contribution is -2.37. The number of carbonyl (C=O) groups excluding carboxylic acids is 2. The summed E-state index contributed by atoms with van der Waals surface area (Å²) in [5, 5.41) is 2.77. The minimum Gasteiger partial charge on any atom is -0.449 e. The molecule has 2 aromatic rings. The predicted octanol–water partition coefficient (Wildman–Crippen LogP) is 3.60. The Hall–Kier alpha value is -2.69. The Bertz CT molecular complexity index is 746. The van der Waals surface area contributed by atoms with Crippen molar-refractivity contribution in [1.29, 1.82) is 0 Å². The number of carbonyl (C=O) groups is 2. The van der Waals surface area contributed by atoms with Gasteiger partial charge in [-0.3, -0.25) is 4.79 Å². The summed E-state index contributed by atoms with van der Waals surface area (Å²) in [5.41, 5.74) is 1.64. The SMILES string of the molecule is Cc1ccc(C(=O)O[C@H](C)C(=O)NC[C@H](C)c2ccccc2)cc1F. The lowest BCUT2D eigenvalue weighted by Gasteiger charge is -2.16. The summed E-state index contributed by atoms with van der Waals surface area (Å²) in [4.78, 5) is 24.1. The Morgan fingerprint density at radius 2 is 1.80 bits per heavy atom. The molecule has 0 spiro atoms. The first kappa shape index (κ1) is 18.6. The Kier molecular flexibility index (Phi) is 6.28. The molecule has 4 nitrogen and oxygen atoms in total. The van der Waals surface area contributed by atoms with Crippen LogP contribution in [0.3, 0.4) is 0 Å². The van der Waals surface area contributed by atoms with Crippen LogP contribution in [-0.4, -0.2) is 24.5 Å². The third-order valence-electron chi connectivity index (χ3n) is 4.01. The van der Waals surface area contributed by atoms with Gasteiger partial charge in [0.2, 0.25) is 0 Å². The fraction of sp³-hybridized carbons (Fsp3) is 0.300. The van der Waals surface area contributed by atoms with Gasteiger partial charge in [0.15, 0.2) is 6.10 Å². The van der Waals surface area contributed by atoms with Gasteiger partial charge in [-0.25, -0.2) is 9.18 Å². The normalized spacial score (nSPS) is 13.0. The van der Waals surface area contributed by atoms with Gasteiger partial charge < -0.3 is 10.1 Å². The highest BCUT2D eigenvalue weighted by Gasteiger charge is 2.20. The molecule has 0 aliphatic heterocycles. The van der Waals surface area contributed by atoms with Crippen LogP contribution in [0.5, 0.6) is 0 Å². The van der Waals surface area contributed by atoms with Crippen molar-refractivity contribution in [1.82, 2.24) is 5.32 Å². The second-order valence-corrected chi connectivity index (χ2v) is 6.07. The first-order chi connectivity index (χ1) is 11.9. The Morgan fingerprint density at radius 3 is 2.44 bits per heavy atom. The second-order valence-electron chi connectivity index (χ2n) is 6.07. The Balaban J connectivity index is 1.87. The van der Waals surface area contributed by atoms with Crippen LogP contribution < -0.4 is 5.32 Å². The van der Waals surface area contributed by atoms with E-state index < -0.39 is 17.9 Å². The molecule has 0 fully saturated rings. The minimum atomic E-state index is -0.958. The highest BCUT2D eigenvalue weighted by atomic mass is 19.1. The van der Waals surface area contributed by atoms with E-state index >= 15 is 0 Å². The summed E-state index contributed by atoms with van der Waals surface area (Å²) in [6.45, 7) is 5.53. The molecular formula is C20H22FNO3. The maximum Gasteiger partial charge on any atom is 0.339 e. The largest absolute Gasteiger partial charge is 0.449 e. The van der Waals surface area contributed by atoms with E-state index in [1.807, 2.05) is 37.3 Å². The number of esters is 1. The van der Waals surface area contributed by atoms with Gasteiger partial charge in [0.05, 0.1) is 5.56 Å². The first-order valence-electron chi connectivity index (χ1n) is 8.18. The molecule has 0 aliphatic carbocycles. The van der Waals surface area contributed by atoms with Gasteiger partial charge >= 0.3 is 5.97 Å². The summed E-state index contributed by atoms with van der Waals surface area (Å²) in [7, 11) is 0. The Morgan fingerprint density at radius 1 is 1.12 bits per heavy atom. The molecule has 0 radical (unpaired) electrons. The minimum absolute atomic E-state index is 0.0837. The van der Waals surface area contributed by atoms with E-state index in [1.54, 1.807) is 6.92 Å². The molecule has 2 rings (SSSR count). The highest BCUT2D eigenvalue weighted by molar-refractivity contribution is 5.92. The van der Waals surface area contributed by atoms with Crippen LogP contribution in [0.25, 0.3) is 0 Å². The molecule has 132 valence electrons. The van der Waals surface area contributed by atoms with Crippen LogP contribution in [0.2, 0.25) is 0 Å². The van der Waals surface area contributed by atoms with Crippen molar-refractivity contribution in [2.45, 2.75) is 32.8 Å². The molecule has 1 amide bonds. The molecule has 0 aromatic heterocycles. The molecule has 1 N–H and O–H groups in total. The van der Waals surface area contributed by atoms with Crippen molar-refractivity contribution < 1.29 is 18.7 Å². The number of hydrogen-bond donors (Lipinski definition) is 1. The van der Waals surface area contributed by atoms with Crippen LogP contribution in [-0.2, 0) is 9.53 Å². The summed E-state index contributed by atoms with van der Waals surface area (Å²) < 4.78 is 18.6. The van der Waals surface area contributed by atoms with E-state index in [0.29, 0.717) is 12.1 Å². The summed E-state index contributed by atoms with van der Waals surface area (Å²) >= 11 is 0. The summed E-state index contributed by atoms with van der Waals surface area (Å²) in [6, 6.07) is 13.9. The van der Waals surface area contributed by atoms with Gasteiger partial charge in [0.1, 0.15) is 5.82 Å². The van der Waals surface area contributed by atoms with Gasteiger partial charge in [0.25, 0.3) is 5.91 Å². The molecule has 2 aromatic carbocycles. The number of ether oxygens (including phenoxy) is 1. The third kappa shape index (κ3) is 5.14. The zero-order chi connectivity index (χ0) is 18.4. The third-order valence-corrected chi connectivity index (χ3v) is 4.01. The van der Waals surface area contributed by atoms with E-state index in [-0.39, 0.29) is 17.4 Å². The van der Waals surface area contributed by atoms with Crippen molar-refractivity contribution in [3.05, 3.63) is 71.0 Å². The van der Waals surface area contributed by atoms with Gasteiger partial charge in [-0.2, -0.15) is 0 Å². The van der Waals surface area contributed by atoms with Crippen LogP contribution in [0.1, 0.15) is 41.3 Å². The number of rotatable bonds is 6. The molecule has 0 saturated heterocycles. The molecule has 0 aliphatic rings. The summed E-state index contributed by atoms with van der Waals surface area (Å²) in [6.07, 6.45) is -0.958. The van der Waals surface area contributed by atoms with E-state index in [9.17, 15) is 14.0 Å². The first-order valence-corrected chi connectivity index (χ1v) is 8.18. The van der Waals surface area contributed by atoms with Gasteiger partial charge in [0, 0.05) is 6.54 Å². The maximum absolute atomic E-state index is 13.5. The lowest BCUT2D eigenvalue weighted by molar-refractivity contribution is -0.129. The molecule has 2 atom stereocenters. The highest BCUT2D eigenvalue weighted by Crippen LogP contribution is 2.14. The second kappa shape index (κ2) is 8.42. The van der Waals surface area contributed by atoms with Gasteiger partial charge in [-0.05, 0) is 43.0 Å². The summed E-state index contributed by atoms with van der Waals surface area (Å²) in [5.74, 6) is -1.45. The molecule has 0 heterocycles. The zero-order valence-corrected chi connectivity index (χ0v) is 14.6. The van der Waals surface area contributed by atoms with E-state index in [4.69, 9.17) is 4.74 Å². The quantitative estimate of drug-likeness (QED) is 0.816. The number of hydrogen-bond acceptors (Lipinski definition) is 3. The monoisotopic (exact) mass is 343 g/mol. The molecular weight excluding hydrogens is 321 g/mol. The number of nitrogens with one attached hydrogen (secondary N) is 1. The van der Waals surface area contributed by atoms with Crippen LogP contribution in [0.15, 0.2) is 48.5 Å². The Labute approximate surface area is 147 Å². The maximum atomic E-state index is 13.5. The number of halogens is 1. The fourth-order valence-corrected chi connectivity index (χ4v) is 2.30. The van der Waals surface area contributed by atoms with Crippen molar-refractivity contribution in [3.63, 3.8) is 0 Å². The average molecular weight is 343 g/mol. The predicted molar refractivity (Wildman–Crippen MR) is 93.9 cm³/mol. The van der Waals surface area contributed by atoms with E-state index in [2.05, 4.69) is 5.32 Å². The van der Waals surface area contributed by atoms with Gasteiger partial charge in [-0.15, -0.1) is 0 Å². The number of amides is 1. The lowest BCUT2D eigenvalue weighted by atomic mass is 10.0. The van der Waals surface area contributed by atoms with Crippen LogP contribution in [0, 0.1) is 12.7 Å². The molecule has 25 heavy (non-hydrogen) atoms. The van der Waals surface area contributed by atoms with Crippen molar-refractivity contribution in [2.24, 2.45) is 0 Å². The van der Waals surface area contributed by atoms with E-state index in [1.165, 1.54) is 19.1 Å². The number of aryl methyl sites for hydroxylation is 1. The van der Waals surface area contributed by atoms with Gasteiger partial charge in [-0.1, -0.05) is 43.3 Å². The van der Waals surface area contributed by atoms with Crippen LogP contribution in [0.4, 0.5) is 4.39 Å². The van der Waals surface area contributed by atoms with Crippen molar-refractivity contribution >= 4 is 11.9 Å². The number of benzene rings is 2. The van der Waals surface area contributed by atoms with Crippen molar-refractivity contribution in [2.75, 3.05) is 6.54 Å². The standard InChI is InChI=1S/C20H22FNO3/c1-13-9-10-17(11-18(13)21)20(24)25-15(3)19(23)22-12-14(2)16-7-5-4-6-8-16/h4-11,14-15H,12H2,1-3H3,(H,22,23)/t14-,15+/m0/s1. The van der Waals surface area contributed by atoms with Crippen molar-refractivity contribution in [3.8, 4) is 0 Å². The fourth-order valence-electron chi connectivity index (χ4n) is 2.30. The van der Waals surface area contributed by atoms with E-state index in [0.717, 1.165) is 11.6 Å². The molecule has 5 heteroatoms. The zero-order valence-electron chi connectivity index (χ0n) is 14.6.